The third kappa shape index (κ3) is 4.49. The summed E-state index contributed by atoms with van der Waals surface area (Å²) in [6, 6.07) is 0. The molecule has 0 fully saturated rings. The number of amides is 3. The second-order valence-corrected chi connectivity index (χ2v) is 6.07. The van der Waals surface area contributed by atoms with Gasteiger partial charge in [0, 0.05) is 35.5 Å². The highest BCUT2D eigenvalue weighted by molar-refractivity contribution is 6.09. The monoisotopic (exact) mass is 361 g/mol. The third-order valence-corrected chi connectivity index (χ3v) is 4.06. The van der Waals surface area contributed by atoms with Crippen LogP contribution in [0.15, 0.2) is 12.2 Å². The summed E-state index contributed by atoms with van der Waals surface area (Å²) in [5, 5.41) is 17.0. The normalized spacial score (nSPS) is 10.2. The minimum atomic E-state index is -0.412. The van der Waals surface area contributed by atoms with Crippen LogP contribution in [0, 0.1) is 20.8 Å². The average molecular weight is 361 g/mol. The molecule has 7 nitrogen and oxygen atoms in total. The molecule has 26 heavy (non-hydrogen) atoms. The van der Waals surface area contributed by atoms with Gasteiger partial charge >= 0.3 is 0 Å². The molecule has 0 bridgehead atoms. The van der Waals surface area contributed by atoms with Crippen molar-refractivity contribution in [2.75, 3.05) is 25.0 Å². The number of rotatable bonds is 7. The van der Waals surface area contributed by atoms with E-state index in [1.807, 2.05) is 0 Å². The number of benzene rings is 1. The van der Waals surface area contributed by atoms with Gasteiger partial charge in [-0.25, -0.2) is 0 Å². The fourth-order valence-corrected chi connectivity index (χ4v) is 2.81. The summed E-state index contributed by atoms with van der Waals surface area (Å²) >= 11 is 0. The summed E-state index contributed by atoms with van der Waals surface area (Å²) in [5.74, 6) is -1.11. The number of hydrogen-bond donors (Lipinski definition) is 4. The second kappa shape index (κ2) is 9.15. The molecule has 7 heteroatoms. The Morgan fingerprint density at radius 2 is 1.46 bits per heavy atom. The predicted molar refractivity (Wildman–Crippen MR) is 102 cm³/mol. The molecule has 0 aliphatic heterocycles. The van der Waals surface area contributed by atoms with Crippen LogP contribution in [0.4, 0.5) is 5.69 Å². The third-order valence-electron chi connectivity index (χ3n) is 4.06. The molecule has 0 saturated carbocycles. The lowest BCUT2D eigenvalue weighted by Gasteiger charge is -2.22. The number of anilines is 1. The molecule has 4 N–H and O–H groups in total. The number of carbonyl (C=O) groups excluding carboxylic acids is 3. The Kier molecular flexibility index (Phi) is 7.52. The summed E-state index contributed by atoms with van der Waals surface area (Å²) in [6.07, 6.45) is 0. The molecule has 1 rings (SSSR count). The van der Waals surface area contributed by atoms with Gasteiger partial charge in [0.05, 0.1) is 6.61 Å². The molecule has 0 atom stereocenters. The van der Waals surface area contributed by atoms with Gasteiger partial charge in [-0.3, -0.25) is 14.4 Å². The smallest absolute Gasteiger partial charge is 0.252 e. The molecular weight excluding hydrogens is 334 g/mol. The molecule has 0 spiro atoms. The first kappa shape index (κ1) is 21.4. The van der Waals surface area contributed by atoms with Crippen molar-refractivity contribution in [3.8, 4) is 0 Å². The van der Waals surface area contributed by atoms with Gasteiger partial charge in [0.1, 0.15) is 0 Å². The van der Waals surface area contributed by atoms with E-state index in [1.165, 1.54) is 0 Å². The average Bonchev–Trinajstić information content (AvgIpc) is 2.56. The van der Waals surface area contributed by atoms with Crippen molar-refractivity contribution >= 4 is 23.4 Å². The van der Waals surface area contributed by atoms with Crippen LogP contribution in [-0.2, 0) is 4.79 Å². The minimum Gasteiger partial charge on any atom is -0.395 e. The fourth-order valence-electron chi connectivity index (χ4n) is 2.81. The van der Waals surface area contributed by atoms with E-state index in [0.717, 1.165) is 0 Å². The van der Waals surface area contributed by atoms with Crippen LogP contribution in [-0.4, -0.2) is 42.5 Å². The minimum absolute atomic E-state index is 0.0928. The Balaban J connectivity index is 3.65. The molecule has 0 aliphatic rings. The molecule has 1 aromatic carbocycles. The van der Waals surface area contributed by atoms with E-state index in [0.29, 0.717) is 45.6 Å². The summed E-state index contributed by atoms with van der Waals surface area (Å²) in [4.78, 5) is 37.2. The second-order valence-electron chi connectivity index (χ2n) is 6.07. The van der Waals surface area contributed by atoms with Crippen LogP contribution >= 0.6 is 0 Å². The Hall–Kier alpha value is -2.67. The van der Waals surface area contributed by atoms with Crippen molar-refractivity contribution in [3.63, 3.8) is 0 Å². The molecule has 0 radical (unpaired) electrons. The molecule has 142 valence electrons. The van der Waals surface area contributed by atoms with Crippen LogP contribution in [0.25, 0.3) is 0 Å². The summed E-state index contributed by atoms with van der Waals surface area (Å²) < 4.78 is 0. The highest BCUT2D eigenvalue weighted by Gasteiger charge is 2.25. The molecule has 0 heterocycles. The van der Waals surface area contributed by atoms with Crippen LogP contribution in [0.3, 0.4) is 0 Å². The Bertz CT molecular complexity index is 754. The number of hydrogen-bond acceptors (Lipinski definition) is 4. The number of carbonyl (C=O) groups is 3. The van der Waals surface area contributed by atoms with E-state index >= 15 is 0 Å². The van der Waals surface area contributed by atoms with Gasteiger partial charge in [-0.15, -0.1) is 0 Å². The first-order valence-corrected chi connectivity index (χ1v) is 8.45. The molecule has 0 saturated heterocycles. The van der Waals surface area contributed by atoms with Gasteiger partial charge in [-0.2, -0.15) is 0 Å². The van der Waals surface area contributed by atoms with E-state index in [-0.39, 0.29) is 25.0 Å². The van der Waals surface area contributed by atoms with Gasteiger partial charge in [-0.1, -0.05) is 6.58 Å². The Labute approximate surface area is 153 Å². The summed E-state index contributed by atoms with van der Waals surface area (Å²) in [7, 11) is 0. The highest BCUT2D eigenvalue weighted by Crippen LogP contribution is 2.31. The van der Waals surface area contributed by atoms with E-state index in [1.54, 1.807) is 34.6 Å². The number of aliphatic hydroxyl groups excluding tert-OH is 1. The van der Waals surface area contributed by atoms with E-state index in [4.69, 9.17) is 5.11 Å². The van der Waals surface area contributed by atoms with Crippen molar-refractivity contribution in [1.82, 2.24) is 10.6 Å². The SMILES string of the molecule is C=C(C)C(=O)Nc1c(C)c(C(=O)NCC)c(C)c(C(=O)NCCO)c1C. The maximum Gasteiger partial charge on any atom is 0.252 e. The zero-order valence-corrected chi connectivity index (χ0v) is 16.0. The van der Waals surface area contributed by atoms with E-state index in [9.17, 15) is 14.4 Å². The highest BCUT2D eigenvalue weighted by atomic mass is 16.3. The molecular formula is C19H27N3O4. The van der Waals surface area contributed by atoms with Gasteiger partial charge in [-0.05, 0) is 51.3 Å². The maximum atomic E-state index is 12.6. The van der Waals surface area contributed by atoms with Crippen molar-refractivity contribution in [2.45, 2.75) is 34.6 Å². The van der Waals surface area contributed by atoms with Crippen LogP contribution in [0.5, 0.6) is 0 Å². The lowest BCUT2D eigenvalue weighted by atomic mass is 9.90. The zero-order chi connectivity index (χ0) is 20.0. The number of aliphatic hydroxyl groups is 1. The van der Waals surface area contributed by atoms with Gasteiger partial charge in [0.25, 0.3) is 17.7 Å². The lowest BCUT2D eigenvalue weighted by molar-refractivity contribution is -0.112. The Morgan fingerprint density at radius 3 is 1.88 bits per heavy atom. The largest absolute Gasteiger partial charge is 0.395 e. The molecule has 3 amide bonds. The molecule has 0 unspecified atom stereocenters. The molecule has 0 aliphatic carbocycles. The van der Waals surface area contributed by atoms with Crippen molar-refractivity contribution in [3.05, 3.63) is 40.0 Å². The van der Waals surface area contributed by atoms with Crippen LogP contribution in [0.1, 0.15) is 51.3 Å². The molecule has 1 aromatic rings. The van der Waals surface area contributed by atoms with E-state index < -0.39 is 5.91 Å². The fraction of sp³-hybridized carbons (Fsp3) is 0.421. The standard InChI is InChI=1S/C19H27N3O4/c1-7-20-18(25)14-11(4)15(19(26)21-8-9-23)13(6)16(12(14)5)22-17(24)10(2)3/h23H,2,7-9H2,1,3-6H3,(H,20,25)(H,21,26)(H,22,24). The van der Waals surface area contributed by atoms with Gasteiger partial charge < -0.3 is 21.1 Å². The van der Waals surface area contributed by atoms with Crippen LogP contribution in [0.2, 0.25) is 0 Å². The first-order valence-electron chi connectivity index (χ1n) is 8.45. The first-order chi connectivity index (χ1) is 12.2. The predicted octanol–water partition coefficient (Wildman–Crippen LogP) is 1.60. The van der Waals surface area contributed by atoms with Crippen LogP contribution < -0.4 is 16.0 Å². The quantitative estimate of drug-likeness (QED) is 0.553. The number of nitrogens with one attached hydrogen (secondary N) is 3. The van der Waals surface area contributed by atoms with Crippen molar-refractivity contribution in [2.24, 2.45) is 0 Å². The molecule has 0 aromatic heterocycles. The topological polar surface area (TPSA) is 108 Å². The van der Waals surface area contributed by atoms with Crippen molar-refractivity contribution < 1.29 is 19.5 Å². The van der Waals surface area contributed by atoms with Crippen molar-refractivity contribution in [1.29, 1.82) is 0 Å². The van der Waals surface area contributed by atoms with E-state index in [2.05, 4.69) is 22.5 Å². The Morgan fingerprint density at radius 1 is 0.962 bits per heavy atom. The van der Waals surface area contributed by atoms with Gasteiger partial charge in [0.2, 0.25) is 0 Å². The zero-order valence-electron chi connectivity index (χ0n) is 16.0. The lowest BCUT2D eigenvalue weighted by Crippen LogP contribution is -2.31. The maximum absolute atomic E-state index is 12.6. The van der Waals surface area contributed by atoms with Gasteiger partial charge in [0.15, 0.2) is 0 Å². The summed E-state index contributed by atoms with van der Waals surface area (Å²) in [6.45, 7) is 12.5. The summed E-state index contributed by atoms with van der Waals surface area (Å²) in [5.41, 5.74) is 3.05.